The van der Waals surface area contributed by atoms with Gasteiger partial charge in [-0.1, -0.05) is 0 Å². The Morgan fingerprint density at radius 2 is 1.83 bits per heavy atom. The van der Waals surface area contributed by atoms with Gasteiger partial charge in [0.25, 0.3) is 0 Å². The summed E-state index contributed by atoms with van der Waals surface area (Å²) in [6.07, 6.45) is 0.277. The highest BCUT2D eigenvalue weighted by Crippen LogP contribution is 2.74. The van der Waals surface area contributed by atoms with E-state index in [1.165, 1.54) is 0 Å². The lowest BCUT2D eigenvalue weighted by molar-refractivity contribution is -0.144. The monoisotopic (exact) mass is 280 g/mol. The van der Waals surface area contributed by atoms with Gasteiger partial charge in [0.1, 0.15) is 0 Å². The molecule has 0 aromatic carbocycles. The topological polar surface area (TPSA) is 82.1 Å². The minimum atomic E-state index is -3.60. The number of hydrogen-bond donors (Lipinski definition) is 1. The molecule has 2 atom stereocenters. The molecular formula is C11H21O6P. The van der Waals surface area contributed by atoms with Crippen LogP contribution in [0.25, 0.3) is 0 Å². The molecule has 0 aromatic heterocycles. The van der Waals surface area contributed by atoms with E-state index in [1.807, 2.05) is 0 Å². The average molecular weight is 280 g/mol. The summed E-state index contributed by atoms with van der Waals surface area (Å²) in [6, 6.07) is 0. The minimum absolute atomic E-state index is 0.177. The smallest absolute Gasteiger partial charge is 0.348 e. The molecule has 106 valence electrons. The van der Waals surface area contributed by atoms with Crippen molar-refractivity contribution in [3.05, 3.63) is 0 Å². The van der Waals surface area contributed by atoms with Gasteiger partial charge in [0, 0.05) is 12.5 Å². The van der Waals surface area contributed by atoms with Crippen LogP contribution in [0.4, 0.5) is 0 Å². The Morgan fingerprint density at radius 1 is 1.28 bits per heavy atom. The standard InChI is InChI=1S/C11H21O6P/c1-4-15-10(13)11(7-9(11)8-12)18(14,16-5-2)17-6-3/h9,12H,4-8H2,1-3H3/t9-,11+/m1/s1. The van der Waals surface area contributed by atoms with E-state index in [4.69, 9.17) is 13.8 Å². The van der Waals surface area contributed by atoms with Gasteiger partial charge in [-0.05, 0) is 27.2 Å². The Morgan fingerprint density at radius 3 is 2.17 bits per heavy atom. The number of carbonyl (C=O) groups is 1. The van der Waals surface area contributed by atoms with Gasteiger partial charge in [-0.15, -0.1) is 0 Å². The van der Waals surface area contributed by atoms with Crippen LogP contribution in [0.2, 0.25) is 0 Å². The second-order valence-corrected chi connectivity index (χ2v) is 6.37. The van der Waals surface area contributed by atoms with Gasteiger partial charge in [-0.3, -0.25) is 9.36 Å². The first-order chi connectivity index (χ1) is 8.52. The fraction of sp³-hybridized carbons (Fsp3) is 0.909. The fourth-order valence-electron chi connectivity index (χ4n) is 2.09. The van der Waals surface area contributed by atoms with Crippen molar-refractivity contribution in [3.63, 3.8) is 0 Å². The predicted octanol–water partition coefficient (Wildman–Crippen LogP) is 1.57. The molecule has 7 heteroatoms. The van der Waals surface area contributed by atoms with E-state index in [0.29, 0.717) is 0 Å². The first-order valence-corrected chi connectivity index (χ1v) is 7.73. The highest BCUT2D eigenvalue weighted by molar-refractivity contribution is 7.57. The molecule has 1 aliphatic rings. The Balaban J connectivity index is 3.03. The molecule has 0 unspecified atom stereocenters. The lowest BCUT2D eigenvalue weighted by Crippen LogP contribution is -2.31. The Labute approximate surface area is 107 Å². The molecule has 0 spiro atoms. The minimum Gasteiger partial charge on any atom is -0.465 e. The molecule has 1 fully saturated rings. The number of esters is 1. The first-order valence-electron chi connectivity index (χ1n) is 6.19. The molecule has 0 aliphatic heterocycles. The second kappa shape index (κ2) is 6.15. The molecule has 1 N–H and O–H groups in total. The van der Waals surface area contributed by atoms with Crippen LogP contribution < -0.4 is 0 Å². The van der Waals surface area contributed by atoms with E-state index in [1.54, 1.807) is 20.8 Å². The van der Waals surface area contributed by atoms with Crippen LogP contribution in [-0.4, -0.2) is 42.7 Å². The van der Waals surface area contributed by atoms with E-state index in [-0.39, 0.29) is 32.8 Å². The van der Waals surface area contributed by atoms with Crippen molar-refractivity contribution in [2.24, 2.45) is 5.92 Å². The SMILES string of the molecule is CCOC(=O)[C@]1(P(=O)(OCC)OCC)C[C@@H]1CO. The van der Waals surface area contributed by atoms with E-state index >= 15 is 0 Å². The van der Waals surface area contributed by atoms with E-state index in [0.717, 1.165) is 0 Å². The van der Waals surface area contributed by atoms with Crippen LogP contribution in [0.5, 0.6) is 0 Å². The van der Waals surface area contributed by atoms with E-state index < -0.39 is 24.6 Å². The van der Waals surface area contributed by atoms with Crippen LogP contribution in [0, 0.1) is 5.92 Å². The van der Waals surface area contributed by atoms with Crippen molar-refractivity contribution >= 4 is 13.6 Å². The lowest BCUT2D eigenvalue weighted by atomic mass is 10.3. The molecule has 18 heavy (non-hydrogen) atoms. The Bertz CT molecular complexity index is 334. The zero-order valence-corrected chi connectivity index (χ0v) is 11.9. The third-order valence-electron chi connectivity index (χ3n) is 3.01. The molecule has 0 amide bonds. The summed E-state index contributed by atoms with van der Waals surface area (Å²) < 4.78 is 28.1. The molecule has 1 rings (SSSR count). The van der Waals surface area contributed by atoms with Crippen LogP contribution in [0.15, 0.2) is 0 Å². The van der Waals surface area contributed by atoms with Crippen molar-refractivity contribution in [1.29, 1.82) is 0 Å². The normalized spacial score (nSPS) is 27.0. The zero-order valence-electron chi connectivity index (χ0n) is 11.0. The van der Waals surface area contributed by atoms with Crippen LogP contribution >= 0.6 is 7.60 Å². The van der Waals surface area contributed by atoms with Crippen molar-refractivity contribution in [3.8, 4) is 0 Å². The molecule has 0 bridgehead atoms. The molecule has 0 aromatic rings. The maximum atomic E-state index is 12.7. The van der Waals surface area contributed by atoms with Gasteiger partial charge in [0.15, 0.2) is 5.16 Å². The fourth-order valence-corrected chi connectivity index (χ4v) is 4.57. The number of hydrogen-bond acceptors (Lipinski definition) is 6. The van der Waals surface area contributed by atoms with Gasteiger partial charge in [0.2, 0.25) is 0 Å². The van der Waals surface area contributed by atoms with Gasteiger partial charge >= 0.3 is 13.6 Å². The Hall–Kier alpha value is -0.420. The van der Waals surface area contributed by atoms with Crippen LogP contribution in [-0.2, 0) is 23.1 Å². The van der Waals surface area contributed by atoms with Crippen LogP contribution in [0.1, 0.15) is 27.2 Å². The summed E-state index contributed by atoms with van der Waals surface area (Å²) in [4.78, 5) is 12.0. The molecule has 1 saturated carbocycles. The summed E-state index contributed by atoms with van der Waals surface area (Å²) in [7, 11) is -3.60. The third kappa shape index (κ3) is 2.48. The summed E-state index contributed by atoms with van der Waals surface area (Å²) in [5, 5.41) is 7.90. The lowest BCUT2D eigenvalue weighted by Gasteiger charge is -2.25. The van der Waals surface area contributed by atoms with Crippen LogP contribution in [0.3, 0.4) is 0 Å². The second-order valence-electron chi connectivity index (χ2n) is 4.06. The maximum absolute atomic E-state index is 12.7. The molecule has 0 saturated heterocycles. The summed E-state index contributed by atoms with van der Waals surface area (Å²) in [5.74, 6) is -1.02. The highest BCUT2D eigenvalue weighted by atomic mass is 31.2. The first kappa shape index (κ1) is 15.6. The molecule has 6 nitrogen and oxygen atoms in total. The van der Waals surface area contributed by atoms with E-state index in [9.17, 15) is 14.5 Å². The van der Waals surface area contributed by atoms with Crippen molar-refractivity contribution < 1.29 is 28.3 Å². The summed E-state index contributed by atoms with van der Waals surface area (Å²) in [5.41, 5.74) is 0. The van der Waals surface area contributed by atoms with Gasteiger partial charge in [-0.2, -0.15) is 0 Å². The maximum Gasteiger partial charge on any atom is 0.348 e. The number of carbonyl (C=O) groups excluding carboxylic acids is 1. The predicted molar refractivity (Wildman–Crippen MR) is 65.4 cm³/mol. The molecule has 0 radical (unpaired) electrons. The quantitative estimate of drug-likeness (QED) is 0.537. The highest BCUT2D eigenvalue weighted by Gasteiger charge is 2.73. The zero-order chi connectivity index (χ0) is 13.8. The number of aliphatic hydroxyl groups is 1. The number of rotatable bonds is 8. The summed E-state index contributed by atoms with van der Waals surface area (Å²) >= 11 is 0. The van der Waals surface area contributed by atoms with Crippen molar-refractivity contribution in [1.82, 2.24) is 0 Å². The van der Waals surface area contributed by atoms with Gasteiger partial charge in [0.05, 0.1) is 19.8 Å². The van der Waals surface area contributed by atoms with Crippen molar-refractivity contribution in [2.75, 3.05) is 26.4 Å². The summed E-state index contributed by atoms with van der Waals surface area (Å²) in [6.45, 7) is 5.35. The largest absolute Gasteiger partial charge is 0.465 e. The van der Waals surface area contributed by atoms with Gasteiger partial charge < -0.3 is 18.9 Å². The Kier molecular flexibility index (Phi) is 5.34. The number of aliphatic hydroxyl groups excluding tert-OH is 1. The van der Waals surface area contributed by atoms with Crippen molar-refractivity contribution in [2.45, 2.75) is 32.3 Å². The molecule has 0 heterocycles. The van der Waals surface area contributed by atoms with Gasteiger partial charge in [-0.25, -0.2) is 0 Å². The molecule has 1 aliphatic carbocycles. The third-order valence-corrected chi connectivity index (χ3v) is 5.91. The van der Waals surface area contributed by atoms with E-state index in [2.05, 4.69) is 0 Å². The molecular weight excluding hydrogens is 259 g/mol. The average Bonchev–Trinajstić information content (AvgIpc) is 3.06. The number of ether oxygens (including phenoxy) is 1.